The molecule has 98 valence electrons. The second-order valence-corrected chi connectivity index (χ2v) is 5.49. The molecule has 4 heteroatoms. The average Bonchev–Trinajstić information content (AvgIpc) is 2.70. The van der Waals surface area contributed by atoms with Gasteiger partial charge in [-0.15, -0.1) is 11.3 Å². The average molecular weight is 274 g/mol. The fourth-order valence-electron chi connectivity index (χ4n) is 2.12. The van der Waals surface area contributed by atoms with Crippen LogP contribution in [0.4, 0.5) is 10.1 Å². The predicted molar refractivity (Wildman–Crippen MR) is 77.6 cm³/mol. The van der Waals surface area contributed by atoms with Crippen molar-refractivity contribution in [2.24, 2.45) is 0 Å². The van der Waals surface area contributed by atoms with Gasteiger partial charge in [0.05, 0.1) is 5.69 Å². The van der Waals surface area contributed by atoms with E-state index < -0.39 is 0 Å². The standard InChI is InChI=1S/C15H15FN2S/c1-3-4-11-14(18)13(8-17)19-15(11)12-7-10(16)6-5-9(12)2/h5-7H,3-4,18H2,1-2H3. The van der Waals surface area contributed by atoms with Gasteiger partial charge in [0.15, 0.2) is 0 Å². The molecule has 2 nitrogen and oxygen atoms in total. The molecule has 0 spiro atoms. The molecule has 0 unspecified atom stereocenters. The minimum atomic E-state index is -0.270. The van der Waals surface area contributed by atoms with Crippen LogP contribution in [0.3, 0.4) is 0 Å². The van der Waals surface area contributed by atoms with Crippen LogP contribution in [0.5, 0.6) is 0 Å². The Morgan fingerprint density at radius 3 is 2.79 bits per heavy atom. The Morgan fingerprint density at radius 1 is 1.42 bits per heavy atom. The topological polar surface area (TPSA) is 49.8 Å². The summed E-state index contributed by atoms with van der Waals surface area (Å²) >= 11 is 1.35. The van der Waals surface area contributed by atoms with Crippen LogP contribution in [0.2, 0.25) is 0 Å². The van der Waals surface area contributed by atoms with Crippen molar-refractivity contribution in [3.05, 3.63) is 40.0 Å². The number of anilines is 1. The van der Waals surface area contributed by atoms with E-state index in [1.165, 1.54) is 23.5 Å². The molecule has 19 heavy (non-hydrogen) atoms. The van der Waals surface area contributed by atoms with E-state index in [1.54, 1.807) is 6.07 Å². The molecular weight excluding hydrogens is 259 g/mol. The predicted octanol–water partition coefficient (Wildman–Crippen LogP) is 4.27. The molecule has 0 fully saturated rings. The van der Waals surface area contributed by atoms with Crippen molar-refractivity contribution in [2.75, 3.05) is 5.73 Å². The van der Waals surface area contributed by atoms with Crippen LogP contribution in [0.1, 0.15) is 29.3 Å². The normalized spacial score (nSPS) is 10.4. The first-order chi connectivity index (χ1) is 9.08. The van der Waals surface area contributed by atoms with Crippen molar-refractivity contribution in [3.63, 3.8) is 0 Å². The van der Waals surface area contributed by atoms with Crippen LogP contribution in [-0.4, -0.2) is 0 Å². The van der Waals surface area contributed by atoms with Gasteiger partial charge in [-0.25, -0.2) is 4.39 Å². The lowest BCUT2D eigenvalue weighted by Gasteiger charge is -2.07. The zero-order valence-electron chi connectivity index (χ0n) is 11.0. The van der Waals surface area contributed by atoms with Crippen molar-refractivity contribution in [2.45, 2.75) is 26.7 Å². The molecule has 2 rings (SSSR count). The number of hydrogen-bond donors (Lipinski definition) is 1. The van der Waals surface area contributed by atoms with E-state index in [0.717, 1.165) is 34.4 Å². The van der Waals surface area contributed by atoms with Crippen LogP contribution in [0.25, 0.3) is 10.4 Å². The van der Waals surface area contributed by atoms with Gasteiger partial charge in [0, 0.05) is 4.88 Å². The largest absolute Gasteiger partial charge is 0.397 e. The molecule has 0 bridgehead atoms. The van der Waals surface area contributed by atoms with Crippen molar-refractivity contribution >= 4 is 17.0 Å². The lowest BCUT2D eigenvalue weighted by Crippen LogP contribution is -1.94. The van der Waals surface area contributed by atoms with Gasteiger partial charge in [0.2, 0.25) is 0 Å². The van der Waals surface area contributed by atoms with Gasteiger partial charge in [0.1, 0.15) is 16.8 Å². The summed E-state index contributed by atoms with van der Waals surface area (Å²) < 4.78 is 13.4. The Hall–Kier alpha value is -1.86. The van der Waals surface area contributed by atoms with Crippen molar-refractivity contribution in [1.82, 2.24) is 0 Å². The van der Waals surface area contributed by atoms with Gasteiger partial charge in [-0.2, -0.15) is 5.26 Å². The van der Waals surface area contributed by atoms with Crippen LogP contribution in [0.15, 0.2) is 18.2 Å². The van der Waals surface area contributed by atoms with Crippen LogP contribution < -0.4 is 5.73 Å². The molecular formula is C15H15FN2S. The third-order valence-electron chi connectivity index (χ3n) is 3.09. The van der Waals surface area contributed by atoms with Gasteiger partial charge >= 0.3 is 0 Å². The monoisotopic (exact) mass is 274 g/mol. The van der Waals surface area contributed by atoms with E-state index in [1.807, 2.05) is 6.92 Å². The molecule has 0 aliphatic heterocycles. The molecule has 2 aromatic rings. The number of thiophene rings is 1. The lowest BCUT2D eigenvalue weighted by molar-refractivity contribution is 0.628. The SMILES string of the molecule is CCCc1c(-c2cc(F)ccc2C)sc(C#N)c1N. The maximum Gasteiger partial charge on any atom is 0.128 e. The number of nitriles is 1. The Labute approximate surface area is 116 Å². The molecule has 0 aliphatic carbocycles. The zero-order valence-corrected chi connectivity index (χ0v) is 11.8. The second-order valence-electron chi connectivity index (χ2n) is 4.47. The molecule has 1 aromatic heterocycles. The maximum absolute atomic E-state index is 13.4. The first-order valence-corrected chi connectivity index (χ1v) is 6.97. The summed E-state index contributed by atoms with van der Waals surface area (Å²) in [5.74, 6) is -0.270. The van der Waals surface area contributed by atoms with Gasteiger partial charge in [-0.05, 0) is 42.2 Å². The Balaban J connectivity index is 2.67. The number of halogens is 1. The number of benzene rings is 1. The molecule has 0 saturated carbocycles. The van der Waals surface area contributed by atoms with Crippen LogP contribution >= 0.6 is 11.3 Å². The molecule has 0 radical (unpaired) electrons. The third kappa shape index (κ3) is 2.47. The number of rotatable bonds is 3. The Morgan fingerprint density at radius 2 is 2.16 bits per heavy atom. The smallest absolute Gasteiger partial charge is 0.128 e. The molecule has 0 atom stereocenters. The first-order valence-electron chi connectivity index (χ1n) is 6.16. The van der Waals surface area contributed by atoms with E-state index >= 15 is 0 Å². The highest BCUT2D eigenvalue weighted by molar-refractivity contribution is 7.16. The molecule has 0 amide bonds. The number of aryl methyl sites for hydroxylation is 1. The lowest BCUT2D eigenvalue weighted by atomic mass is 10.0. The number of nitrogens with two attached hydrogens (primary N) is 1. The maximum atomic E-state index is 13.4. The van der Waals surface area contributed by atoms with Crippen molar-refractivity contribution in [1.29, 1.82) is 5.26 Å². The van der Waals surface area contributed by atoms with Gasteiger partial charge in [-0.3, -0.25) is 0 Å². The molecule has 0 saturated heterocycles. The number of nitrogen functional groups attached to an aromatic ring is 1. The first kappa shape index (κ1) is 13.6. The molecule has 1 aromatic carbocycles. The van der Waals surface area contributed by atoms with E-state index in [4.69, 9.17) is 11.0 Å². The quantitative estimate of drug-likeness (QED) is 0.908. The Kier molecular flexibility index (Phi) is 3.87. The van der Waals surface area contributed by atoms with Gasteiger partial charge in [-0.1, -0.05) is 19.4 Å². The van der Waals surface area contributed by atoms with E-state index in [2.05, 4.69) is 13.0 Å². The minimum Gasteiger partial charge on any atom is -0.397 e. The van der Waals surface area contributed by atoms with Gasteiger partial charge < -0.3 is 5.73 Å². The summed E-state index contributed by atoms with van der Waals surface area (Å²) in [4.78, 5) is 1.44. The number of nitrogens with zero attached hydrogens (tertiary/aromatic N) is 1. The summed E-state index contributed by atoms with van der Waals surface area (Å²) in [6.07, 6.45) is 1.74. The van der Waals surface area contributed by atoms with Gasteiger partial charge in [0.25, 0.3) is 0 Å². The highest BCUT2D eigenvalue weighted by Crippen LogP contribution is 2.40. The number of hydrogen-bond acceptors (Lipinski definition) is 3. The highest BCUT2D eigenvalue weighted by Gasteiger charge is 2.18. The summed E-state index contributed by atoms with van der Waals surface area (Å²) in [5.41, 5.74) is 9.36. The summed E-state index contributed by atoms with van der Waals surface area (Å²) in [6.45, 7) is 4.00. The molecule has 2 N–H and O–H groups in total. The zero-order chi connectivity index (χ0) is 14.0. The molecule has 1 heterocycles. The summed E-state index contributed by atoms with van der Waals surface area (Å²) in [5, 5.41) is 9.10. The summed E-state index contributed by atoms with van der Waals surface area (Å²) in [6, 6.07) is 6.83. The fraction of sp³-hybridized carbons (Fsp3) is 0.267. The summed E-state index contributed by atoms with van der Waals surface area (Å²) in [7, 11) is 0. The van der Waals surface area contributed by atoms with E-state index in [-0.39, 0.29) is 5.82 Å². The minimum absolute atomic E-state index is 0.270. The highest BCUT2D eigenvalue weighted by atomic mass is 32.1. The van der Waals surface area contributed by atoms with E-state index in [0.29, 0.717) is 10.6 Å². The van der Waals surface area contributed by atoms with Crippen LogP contribution in [0, 0.1) is 24.1 Å². The van der Waals surface area contributed by atoms with E-state index in [9.17, 15) is 4.39 Å². The fourth-order valence-corrected chi connectivity index (χ4v) is 3.26. The Bertz CT molecular complexity index is 653. The van der Waals surface area contributed by atoms with Crippen molar-refractivity contribution in [3.8, 4) is 16.5 Å². The van der Waals surface area contributed by atoms with Crippen molar-refractivity contribution < 1.29 is 4.39 Å². The molecule has 0 aliphatic rings. The second kappa shape index (κ2) is 5.41. The third-order valence-corrected chi connectivity index (χ3v) is 4.28. The van der Waals surface area contributed by atoms with Crippen LogP contribution in [-0.2, 0) is 6.42 Å².